The summed E-state index contributed by atoms with van der Waals surface area (Å²) in [5, 5.41) is 13.1. The van der Waals surface area contributed by atoms with Crippen molar-refractivity contribution >= 4 is 15.9 Å². The highest BCUT2D eigenvalue weighted by molar-refractivity contribution is 9.10. The Labute approximate surface area is 116 Å². The van der Waals surface area contributed by atoms with Gasteiger partial charge in [-0.05, 0) is 23.8 Å². The molecule has 0 aliphatic carbocycles. The number of ether oxygens (including phenoxy) is 2. The molecule has 0 saturated carbocycles. The zero-order chi connectivity index (χ0) is 13.4. The Kier molecular flexibility index (Phi) is 7.27. The summed E-state index contributed by atoms with van der Waals surface area (Å²) in [6.45, 7) is 1.93. The minimum absolute atomic E-state index is 0.440. The number of aliphatic hydroxyl groups is 1. The zero-order valence-electron chi connectivity index (χ0n) is 10.8. The van der Waals surface area contributed by atoms with Gasteiger partial charge in [0.15, 0.2) is 0 Å². The summed E-state index contributed by atoms with van der Waals surface area (Å²) in [6, 6.07) is 5.78. The molecule has 4 nitrogen and oxygen atoms in total. The first-order chi connectivity index (χ1) is 8.67. The second-order valence-electron chi connectivity index (χ2n) is 4.01. The number of hydrogen-bond acceptors (Lipinski definition) is 4. The lowest BCUT2D eigenvalue weighted by Gasteiger charge is -2.14. The molecule has 0 amide bonds. The van der Waals surface area contributed by atoms with Crippen LogP contribution in [-0.4, -0.2) is 45.1 Å². The van der Waals surface area contributed by atoms with Gasteiger partial charge >= 0.3 is 0 Å². The predicted molar refractivity (Wildman–Crippen MR) is 75.2 cm³/mol. The second-order valence-corrected chi connectivity index (χ2v) is 4.93. The van der Waals surface area contributed by atoms with Gasteiger partial charge in [-0.2, -0.15) is 0 Å². The van der Waals surface area contributed by atoms with E-state index in [2.05, 4.69) is 21.2 Å². The van der Waals surface area contributed by atoms with Gasteiger partial charge in [-0.1, -0.05) is 15.9 Å². The van der Waals surface area contributed by atoms with Crippen molar-refractivity contribution in [2.45, 2.75) is 12.5 Å². The number of halogens is 1. The lowest BCUT2D eigenvalue weighted by Crippen LogP contribution is -2.30. The minimum Gasteiger partial charge on any atom is -0.496 e. The van der Waals surface area contributed by atoms with Crippen molar-refractivity contribution in [3.05, 3.63) is 28.2 Å². The SMILES string of the molecule is COCCNCC(O)Cc1cc(Br)ccc1OC. The van der Waals surface area contributed by atoms with Gasteiger partial charge in [0, 0.05) is 31.1 Å². The number of hydrogen-bond donors (Lipinski definition) is 2. The van der Waals surface area contributed by atoms with Gasteiger partial charge in [-0.15, -0.1) is 0 Å². The van der Waals surface area contributed by atoms with E-state index in [-0.39, 0.29) is 0 Å². The van der Waals surface area contributed by atoms with Crippen molar-refractivity contribution in [2.75, 3.05) is 33.9 Å². The Morgan fingerprint density at radius 2 is 2.17 bits per heavy atom. The molecule has 2 N–H and O–H groups in total. The molecule has 0 saturated heterocycles. The van der Waals surface area contributed by atoms with Crippen molar-refractivity contribution in [3.63, 3.8) is 0 Å². The number of benzene rings is 1. The predicted octanol–water partition coefficient (Wildman–Crippen LogP) is 1.60. The summed E-state index contributed by atoms with van der Waals surface area (Å²) in [6.07, 6.45) is 0.118. The molecule has 0 aliphatic rings. The topological polar surface area (TPSA) is 50.7 Å². The zero-order valence-corrected chi connectivity index (χ0v) is 12.4. The molecule has 1 aromatic carbocycles. The fourth-order valence-corrected chi connectivity index (χ4v) is 2.08. The molecule has 1 rings (SSSR count). The average molecular weight is 318 g/mol. The van der Waals surface area contributed by atoms with Crippen LogP contribution in [0.3, 0.4) is 0 Å². The molecule has 1 aromatic rings. The molecule has 0 heterocycles. The molecule has 0 aliphatic heterocycles. The van der Waals surface area contributed by atoms with Crippen molar-refractivity contribution in [3.8, 4) is 5.75 Å². The molecule has 0 fully saturated rings. The summed E-state index contributed by atoms with van der Waals surface area (Å²) in [4.78, 5) is 0. The first-order valence-corrected chi connectivity index (χ1v) is 6.66. The van der Waals surface area contributed by atoms with Crippen molar-refractivity contribution in [1.29, 1.82) is 0 Å². The summed E-state index contributed by atoms with van der Waals surface area (Å²) in [7, 11) is 3.29. The van der Waals surface area contributed by atoms with Crippen LogP contribution in [0.5, 0.6) is 5.75 Å². The Balaban J connectivity index is 2.47. The van der Waals surface area contributed by atoms with Gasteiger partial charge in [0.1, 0.15) is 5.75 Å². The largest absolute Gasteiger partial charge is 0.496 e. The molecule has 0 radical (unpaired) electrons. The third-order valence-electron chi connectivity index (χ3n) is 2.56. The molecule has 1 atom stereocenters. The smallest absolute Gasteiger partial charge is 0.122 e. The fourth-order valence-electron chi connectivity index (χ4n) is 1.68. The summed E-state index contributed by atoms with van der Waals surface area (Å²) < 4.78 is 11.2. The van der Waals surface area contributed by atoms with E-state index in [4.69, 9.17) is 9.47 Å². The third kappa shape index (κ3) is 5.35. The lowest BCUT2D eigenvalue weighted by atomic mass is 10.1. The molecule has 18 heavy (non-hydrogen) atoms. The highest BCUT2D eigenvalue weighted by Crippen LogP contribution is 2.24. The number of rotatable bonds is 8. The van der Waals surface area contributed by atoms with Crippen molar-refractivity contribution in [2.24, 2.45) is 0 Å². The van der Waals surface area contributed by atoms with Crippen LogP contribution in [0.1, 0.15) is 5.56 Å². The van der Waals surface area contributed by atoms with Gasteiger partial charge in [0.25, 0.3) is 0 Å². The van der Waals surface area contributed by atoms with E-state index in [9.17, 15) is 5.11 Å². The number of nitrogens with one attached hydrogen (secondary N) is 1. The minimum atomic E-state index is -0.440. The van der Waals surface area contributed by atoms with Gasteiger partial charge < -0.3 is 19.9 Å². The van der Waals surface area contributed by atoms with Gasteiger partial charge in [-0.25, -0.2) is 0 Å². The van der Waals surface area contributed by atoms with E-state index < -0.39 is 6.10 Å². The molecule has 0 aromatic heterocycles. The van der Waals surface area contributed by atoms with Crippen LogP contribution in [0, 0.1) is 0 Å². The van der Waals surface area contributed by atoms with Crippen molar-refractivity contribution in [1.82, 2.24) is 5.32 Å². The Morgan fingerprint density at radius 1 is 1.39 bits per heavy atom. The van der Waals surface area contributed by atoms with E-state index in [0.29, 0.717) is 19.6 Å². The maximum atomic E-state index is 9.94. The number of aliphatic hydroxyl groups excluding tert-OH is 1. The molecule has 5 heteroatoms. The molecule has 102 valence electrons. The van der Waals surface area contributed by atoms with Crippen LogP contribution >= 0.6 is 15.9 Å². The summed E-state index contributed by atoms with van der Waals surface area (Å²) in [5.41, 5.74) is 0.993. The molecule has 0 spiro atoms. The second kappa shape index (κ2) is 8.48. The van der Waals surface area contributed by atoms with Crippen LogP contribution in [0.4, 0.5) is 0 Å². The third-order valence-corrected chi connectivity index (χ3v) is 3.05. The molecular weight excluding hydrogens is 298 g/mol. The maximum absolute atomic E-state index is 9.94. The van der Waals surface area contributed by atoms with Crippen LogP contribution in [-0.2, 0) is 11.2 Å². The fraction of sp³-hybridized carbons (Fsp3) is 0.538. The summed E-state index contributed by atoms with van der Waals surface area (Å²) >= 11 is 3.42. The first-order valence-electron chi connectivity index (χ1n) is 5.87. The normalized spacial score (nSPS) is 12.4. The van der Waals surface area contributed by atoms with E-state index in [1.54, 1.807) is 14.2 Å². The van der Waals surface area contributed by atoms with Gasteiger partial charge in [0.05, 0.1) is 19.8 Å². The van der Waals surface area contributed by atoms with Gasteiger partial charge in [-0.3, -0.25) is 0 Å². The number of methoxy groups -OCH3 is 2. The van der Waals surface area contributed by atoms with Crippen molar-refractivity contribution < 1.29 is 14.6 Å². The maximum Gasteiger partial charge on any atom is 0.122 e. The lowest BCUT2D eigenvalue weighted by molar-refractivity contribution is 0.159. The van der Waals surface area contributed by atoms with Crippen LogP contribution in [0.25, 0.3) is 0 Å². The van der Waals surface area contributed by atoms with E-state index in [0.717, 1.165) is 22.3 Å². The standard InChI is InChI=1S/C13H20BrNO3/c1-17-6-5-15-9-12(16)8-10-7-11(14)3-4-13(10)18-2/h3-4,7,12,15-16H,5-6,8-9H2,1-2H3. The first kappa shape index (κ1) is 15.4. The van der Waals surface area contributed by atoms with E-state index in [1.807, 2.05) is 18.2 Å². The Bertz CT molecular complexity index is 360. The van der Waals surface area contributed by atoms with Crippen LogP contribution in [0.2, 0.25) is 0 Å². The van der Waals surface area contributed by atoms with E-state index in [1.165, 1.54) is 0 Å². The highest BCUT2D eigenvalue weighted by atomic mass is 79.9. The molecule has 1 unspecified atom stereocenters. The monoisotopic (exact) mass is 317 g/mol. The highest BCUT2D eigenvalue weighted by Gasteiger charge is 2.10. The van der Waals surface area contributed by atoms with E-state index >= 15 is 0 Å². The summed E-state index contributed by atoms with van der Waals surface area (Å²) in [5.74, 6) is 0.800. The van der Waals surface area contributed by atoms with Crippen LogP contribution in [0.15, 0.2) is 22.7 Å². The van der Waals surface area contributed by atoms with Crippen LogP contribution < -0.4 is 10.1 Å². The van der Waals surface area contributed by atoms with Gasteiger partial charge in [0.2, 0.25) is 0 Å². The molecular formula is C13H20BrNO3. The Hall–Kier alpha value is -0.620. The molecule has 0 bridgehead atoms. The quantitative estimate of drug-likeness (QED) is 0.715. The Morgan fingerprint density at radius 3 is 2.83 bits per heavy atom. The average Bonchev–Trinajstić information content (AvgIpc) is 2.35.